The van der Waals surface area contributed by atoms with E-state index in [0.717, 1.165) is 5.56 Å². The number of rotatable bonds is 4. The van der Waals surface area contributed by atoms with Gasteiger partial charge in [0.25, 0.3) is 5.91 Å². The molecule has 26 heavy (non-hydrogen) atoms. The van der Waals surface area contributed by atoms with E-state index in [1.807, 2.05) is 12.1 Å². The van der Waals surface area contributed by atoms with E-state index < -0.39 is 0 Å². The molecular formula is C21H22N2O3. The van der Waals surface area contributed by atoms with Crippen molar-refractivity contribution >= 4 is 29.3 Å². The molecule has 0 aliphatic carbocycles. The molecule has 0 bridgehead atoms. The molecule has 5 nitrogen and oxygen atoms in total. The Labute approximate surface area is 153 Å². The lowest BCUT2D eigenvalue weighted by atomic mass is 10.0. The molecule has 0 radical (unpaired) electrons. The SMILES string of the molecule is CC(C)c1ccc(/C=C/C(=O)Nc2ccc3c(c2)OCC(=O)N3C)cc1. The summed E-state index contributed by atoms with van der Waals surface area (Å²) >= 11 is 0. The van der Waals surface area contributed by atoms with Crippen molar-refractivity contribution in [3.8, 4) is 5.75 Å². The van der Waals surface area contributed by atoms with Crippen molar-refractivity contribution in [3.63, 3.8) is 0 Å². The fourth-order valence-corrected chi connectivity index (χ4v) is 2.70. The van der Waals surface area contributed by atoms with Crippen LogP contribution in [0.5, 0.6) is 5.75 Å². The summed E-state index contributed by atoms with van der Waals surface area (Å²) in [6.45, 7) is 4.30. The van der Waals surface area contributed by atoms with Crippen molar-refractivity contribution in [2.45, 2.75) is 19.8 Å². The number of hydrogen-bond acceptors (Lipinski definition) is 3. The Kier molecular flexibility index (Phi) is 5.07. The summed E-state index contributed by atoms with van der Waals surface area (Å²) in [7, 11) is 1.70. The number of nitrogens with one attached hydrogen (secondary N) is 1. The van der Waals surface area contributed by atoms with E-state index in [1.165, 1.54) is 11.6 Å². The number of likely N-dealkylation sites (N-methyl/N-ethyl adjacent to an activating group) is 1. The molecule has 134 valence electrons. The Morgan fingerprint density at radius 2 is 1.92 bits per heavy atom. The Bertz CT molecular complexity index is 854. The van der Waals surface area contributed by atoms with Gasteiger partial charge in [0.1, 0.15) is 5.75 Å². The van der Waals surface area contributed by atoms with Crippen LogP contribution in [-0.2, 0) is 9.59 Å². The summed E-state index contributed by atoms with van der Waals surface area (Å²) in [4.78, 5) is 25.3. The van der Waals surface area contributed by atoms with Crippen LogP contribution in [0, 0.1) is 0 Å². The first-order valence-corrected chi connectivity index (χ1v) is 8.56. The summed E-state index contributed by atoms with van der Waals surface area (Å²) in [6.07, 6.45) is 3.28. The Morgan fingerprint density at radius 3 is 2.62 bits per heavy atom. The topological polar surface area (TPSA) is 58.6 Å². The number of amides is 2. The fraction of sp³-hybridized carbons (Fsp3) is 0.238. The number of anilines is 2. The van der Waals surface area contributed by atoms with Crippen LogP contribution in [0.4, 0.5) is 11.4 Å². The van der Waals surface area contributed by atoms with Crippen molar-refractivity contribution < 1.29 is 14.3 Å². The molecule has 0 fully saturated rings. The Morgan fingerprint density at radius 1 is 1.19 bits per heavy atom. The van der Waals surface area contributed by atoms with Gasteiger partial charge in [0.05, 0.1) is 5.69 Å². The first-order valence-electron chi connectivity index (χ1n) is 8.56. The van der Waals surface area contributed by atoms with Gasteiger partial charge in [-0.05, 0) is 35.3 Å². The average Bonchev–Trinajstić information content (AvgIpc) is 2.63. The third-order valence-corrected chi connectivity index (χ3v) is 4.34. The first-order chi connectivity index (χ1) is 12.4. The van der Waals surface area contributed by atoms with Gasteiger partial charge in [0.15, 0.2) is 6.61 Å². The van der Waals surface area contributed by atoms with Crippen LogP contribution < -0.4 is 15.0 Å². The highest BCUT2D eigenvalue weighted by Gasteiger charge is 2.22. The zero-order chi connectivity index (χ0) is 18.7. The molecule has 0 saturated carbocycles. The van der Waals surface area contributed by atoms with Gasteiger partial charge in [-0.25, -0.2) is 0 Å². The number of benzene rings is 2. The first kappa shape index (κ1) is 17.7. The molecule has 2 aromatic rings. The molecular weight excluding hydrogens is 328 g/mol. The summed E-state index contributed by atoms with van der Waals surface area (Å²) in [5.74, 6) is 0.744. The summed E-state index contributed by atoms with van der Waals surface area (Å²) in [5.41, 5.74) is 3.55. The van der Waals surface area contributed by atoms with E-state index >= 15 is 0 Å². The van der Waals surface area contributed by atoms with Crippen molar-refractivity contribution in [2.75, 3.05) is 23.9 Å². The summed E-state index contributed by atoms with van der Waals surface area (Å²) in [6, 6.07) is 13.4. The Hall–Kier alpha value is -3.08. The molecule has 0 atom stereocenters. The van der Waals surface area contributed by atoms with Crippen LogP contribution in [0.15, 0.2) is 48.5 Å². The molecule has 1 aliphatic heterocycles. The minimum absolute atomic E-state index is 0.00712. The highest BCUT2D eigenvalue weighted by Crippen LogP contribution is 2.33. The maximum Gasteiger partial charge on any atom is 0.264 e. The van der Waals surface area contributed by atoms with Gasteiger partial charge in [0, 0.05) is 24.9 Å². The number of carbonyl (C=O) groups is 2. The average molecular weight is 350 g/mol. The van der Waals surface area contributed by atoms with Gasteiger partial charge < -0.3 is 15.0 Å². The Balaban J connectivity index is 1.65. The highest BCUT2D eigenvalue weighted by molar-refractivity contribution is 6.03. The van der Waals surface area contributed by atoms with Crippen molar-refractivity contribution in [1.29, 1.82) is 0 Å². The van der Waals surface area contributed by atoms with Crippen LogP contribution in [0.2, 0.25) is 0 Å². The van der Waals surface area contributed by atoms with Crippen LogP contribution in [-0.4, -0.2) is 25.5 Å². The molecule has 5 heteroatoms. The minimum atomic E-state index is -0.224. The van der Waals surface area contributed by atoms with Gasteiger partial charge in [-0.2, -0.15) is 0 Å². The standard InChI is InChI=1S/C21H22N2O3/c1-14(2)16-7-4-15(5-8-16)6-11-20(24)22-17-9-10-18-19(12-17)26-13-21(25)23(18)3/h4-12,14H,13H2,1-3H3,(H,22,24)/b11-6+. The van der Waals surface area contributed by atoms with E-state index in [1.54, 1.807) is 36.2 Å². The smallest absolute Gasteiger partial charge is 0.264 e. The molecule has 0 saturated heterocycles. The number of carbonyl (C=O) groups excluding carboxylic acids is 2. The van der Waals surface area contributed by atoms with Gasteiger partial charge in [-0.1, -0.05) is 38.1 Å². The van der Waals surface area contributed by atoms with Crippen LogP contribution >= 0.6 is 0 Å². The number of fused-ring (bicyclic) bond motifs is 1. The lowest BCUT2D eigenvalue weighted by Gasteiger charge is -2.26. The normalized spacial score (nSPS) is 13.7. The van der Waals surface area contributed by atoms with Crippen molar-refractivity contribution in [2.24, 2.45) is 0 Å². The maximum atomic E-state index is 12.1. The van der Waals surface area contributed by atoms with E-state index in [2.05, 4.69) is 31.3 Å². The molecule has 1 heterocycles. The molecule has 0 aromatic heterocycles. The molecule has 2 aromatic carbocycles. The van der Waals surface area contributed by atoms with E-state index in [0.29, 0.717) is 23.0 Å². The second kappa shape index (κ2) is 7.44. The van der Waals surface area contributed by atoms with Gasteiger partial charge in [-0.3, -0.25) is 9.59 Å². The predicted molar refractivity (Wildman–Crippen MR) is 104 cm³/mol. The van der Waals surface area contributed by atoms with Crippen LogP contribution in [0.3, 0.4) is 0 Å². The molecule has 1 N–H and O–H groups in total. The number of ether oxygens (including phenoxy) is 1. The van der Waals surface area contributed by atoms with Gasteiger partial charge in [0.2, 0.25) is 5.91 Å². The van der Waals surface area contributed by atoms with Crippen LogP contribution in [0.25, 0.3) is 6.08 Å². The largest absolute Gasteiger partial charge is 0.481 e. The maximum absolute atomic E-state index is 12.1. The fourth-order valence-electron chi connectivity index (χ4n) is 2.70. The molecule has 2 amide bonds. The second-order valence-corrected chi connectivity index (χ2v) is 6.57. The monoisotopic (exact) mass is 350 g/mol. The number of nitrogens with zero attached hydrogens (tertiary/aromatic N) is 1. The van der Waals surface area contributed by atoms with E-state index in [9.17, 15) is 9.59 Å². The van der Waals surface area contributed by atoms with Crippen molar-refractivity contribution in [3.05, 3.63) is 59.7 Å². The van der Waals surface area contributed by atoms with Gasteiger partial charge in [-0.15, -0.1) is 0 Å². The molecule has 0 spiro atoms. The third-order valence-electron chi connectivity index (χ3n) is 4.34. The van der Waals surface area contributed by atoms with Crippen molar-refractivity contribution in [1.82, 2.24) is 0 Å². The lowest BCUT2D eigenvalue weighted by Crippen LogP contribution is -2.35. The zero-order valence-corrected chi connectivity index (χ0v) is 15.2. The summed E-state index contributed by atoms with van der Waals surface area (Å²) in [5, 5.41) is 2.81. The zero-order valence-electron chi connectivity index (χ0n) is 15.2. The second-order valence-electron chi connectivity index (χ2n) is 6.57. The highest BCUT2D eigenvalue weighted by atomic mass is 16.5. The minimum Gasteiger partial charge on any atom is -0.481 e. The van der Waals surface area contributed by atoms with E-state index in [-0.39, 0.29) is 18.4 Å². The molecule has 3 rings (SSSR count). The van der Waals surface area contributed by atoms with Gasteiger partial charge >= 0.3 is 0 Å². The lowest BCUT2D eigenvalue weighted by molar-refractivity contribution is -0.121. The predicted octanol–water partition coefficient (Wildman–Crippen LogP) is 3.82. The number of hydrogen-bond donors (Lipinski definition) is 1. The van der Waals surface area contributed by atoms with E-state index in [4.69, 9.17) is 4.74 Å². The van der Waals surface area contributed by atoms with Crippen LogP contribution in [0.1, 0.15) is 30.9 Å². The third kappa shape index (κ3) is 3.94. The summed E-state index contributed by atoms with van der Waals surface area (Å²) < 4.78 is 5.43. The molecule has 1 aliphatic rings. The molecule has 0 unspecified atom stereocenters. The quantitative estimate of drug-likeness (QED) is 0.853.